The van der Waals surface area contributed by atoms with Crippen molar-refractivity contribution in [3.8, 4) is 0 Å². The van der Waals surface area contributed by atoms with Crippen LogP contribution < -0.4 is 11.2 Å². The van der Waals surface area contributed by atoms with Gasteiger partial charge in [-0.1, -0.05) is 58.3 Å². The normalized spacial score (nSPS) is 18.8. The van der Waals surface area contributed by atoms with Crippen molar-refractivity contribution in [3.63, 3.8) is 0 Å². The van der Waals surface area contributed by atoms with E-state index in [9.17, 15) is 14.4 Å². The van der Waals surface area contributed by atoms with E-state index in [4.69, 9.17) is 14.2 Å². The molecule has 1 N–H and O–H groups in total. The minimum atomic E-state index is -0.716. The van der Waals surface area contributed by atoms with Crippen molar-refractivity contribution in [3.05, 3.63) is 32.6 Å². The summed E-state index contributed by atoms with van der Waals surface area (Å²) in [6.45, 7) is 3.96. The molecule has 0 saturated carbocycles. The second-order valence-corrected chi connectivity index (χ2v) is 7.59. The number of carbonyl (C=O) groups is 1. The van der Waals surface area contributed by atoms with Crippen LogP contribution >= 0.6 is 0 Å². The van der Waals surface area contributed by atoms with Gasteiger partial charge in [0.25, 0.3) is 5.56 Å². The van der Waals surface area contributed by atoms with Gasteiger partial charge < -0.3 is 14.2 Å². The van der Waals surface area contributed by atoms with Crippen molar-refractivity contribution in [1.82, 2.24) is 9.55 Å². The highest BCUT2D eigenvalue weighted by molar-refractivity contribution is 5.69. The minimum absolute atomic E-state index is 0.0101. The highest BCUT2D eigenvalue weighted by Gasteiger charge is 2.29. The summed E-state index contributed by atoms with van der Waals surface area (Å²) in [6.07, 6.45) is 11.2. The lowest BCUT2D eigenvalue weighted by Crippen LogP contribution is -2.34. The molecule has 1 aromatic heterocycles. The van der Waals surface area contributed by atoms with Gasteiger partial charge in [0, 0.05) is 18.2 Å². The van der Waals surface area contributed by atoms with Gasteiger partial charge in [-0.2, -0.15) is 0 Å². The van der Waals surface area contributed by atoms with E-state index in [1.807, 2.05) is 0 Å². The van der Waals surface area contributed by atoms with Crippen LogP contribution in [0.15, 0.2) is 15.8 Å². The van der Waals surface area contributed by atoms with Crippen LogP contribution in [0.1, 0.15) is 82.9 Å². The number of unbranched alkanes of at least 4 members (excludes halogenated alkanes) is 8. The molecule has 1 saturated heterocycles. The Balaban J connectivity index is 1.58. The van der Waals surface area contributed by atoms with Crippen LogP contribution in [0.4, 0.5) is 0 Å². The van der Waals surface area contributed by atoms with Gasteiger partial charge in [0.15, 0.2) is 12.5 Å². The number of rotatable bonds is 13. The lowest BCUT2D eigenvalue weighted by Gasteiger charge is -2.14. The summed E-state index contributed by atoms with van der Waals surface area (Å²) in [5.41, 5.74) is -0.576. The number of aromatic amines is 1. The Hall–Kier alpha value is -1.93. The Morgan fingerprint density at radius 1 is 1.14 bits per heavy atom. The Labute approximate surface area is 171 Å². The SMILES string of the molecule is CCCCCCCCCCCC(=O)OC[C@H]1OC[C@H](n2cc(C)c(=O)[nH]c2=O)O1. The van der Waals surface area contributed by atoms with E-state index >= 15 is 0 Å². The van der Waals surface area contributed by atoms with Crippen LogP contribution in [0, 0.1) is 6.92 Å². The van der Waals surface area contributed by atoms with Crippen molar-refractivity contribution >= 4 is 5.97 Å². The summed E-state index contributed by atoms with van der Waals surface area (Å²) < 4.78 is 17.6. The number of hydrogen-bond donors (Lipinski definition) is 1. The van der Waals surface area contributed by atoms with Crippen LogP contribution in [0.5, 0.6) is 0 Å². The fourth-order valence-electron chi connectivity index (χ4n) is 3.29. The Bertz CT molecular complexity index is 741. The van der Waals surface area contributed by atoms with E-state index in [1.54, 1.807) is 6.92 Å². The van der Waals surface area contributed by atoms with Gasteiger partial charge in [0.05, 0.1) is 6.61 Å². The monoisotopic (exact) mass is 410 g/mol. The average Bonchev–Trinajstić information content (AvgIpc) is 3.16. The second-order valence-electron chi connectivity index (χ2n) is 7.59. The Morgan fingerprint density at radius 3 is 2.48 bits per heavy atom. The van der Waals surface area contributed by atoms with Crippen molar-refractivity contribution < 1.29 is 19.0 Å². The molecule has 0 bridgehead atoms. The van der Waals surface area contributed by atoms with Crippen LogP contribution in [-0.4, -0.2) is 35.0 Å². The van der Waals surface area contributed by atoms with Gasteiger partial charge in [-0.05, 0) is 13.3 Å². The van der Waals surface area contributed by atoms with Crippen LogP contribution in [0.3, 0.4) is 0 Å². The summed E-state index contributed by atoms with van der Waals surface area (Å²) >= 11 is 0. The van der Waals surface area contributed by atoms with E-state index in [1.165, 1.54) is 49.3 Å². The zero-order valence-corrected chi connectivity index (χ0v) is 17.6. The summed E-state index contributed by atoms with van der Waals surface area (Å²) in [5, 5.41) is 0. The topological polar surface area (TPSA) is 99.6 Å². The van der Waals surface area contributed by atoms with E-state index < -0.39 is 23.8 Å². The van der Waals surface area contributed by atoms with Crippen molar-refractivity contribution in [2.75, 3.05) is 13.2 Å². The number of nitrogens with zero attached hydrogens (tertiary/aromatic N) is 1. The predicted octanol–water partition coefficient (Wildman–Crippen LogP) is 3.18. The molecule has 1 fully saturated rings. The first kappa shape index (κ1) is 23.3. The van der Waals surface area contributed by atoms with E-state index in [0.29, 0.717) is 12.0 Å². The van der Waals surface area contributed by atoms with Gasteiger partial charge in [-0.3, -0.25) is 19.1 Å². The minimum Gasteiger partial charge on any atom is -0.460 e. The number of ether oxygens (including phenoxy) is 3. The zero-order chi connectivity index (χ0) is 21.1. The van der Waals surface area contributed by atoms with Gasteiger partial charge in [0.1, 0.15) is 6.61 Å². The first-order chi connectivity index (χ1) is 14.0. The van der Waals surface area contributed by atoms with Crippen LogP contribution in [-0.2, 0) is 19.0 Å². The number of H-pyrrole nitrogens is 1. The van der Waals surface area contributed by atoms with Crippen molar-refractivity contribution in [1.29, 1.82) is 0 Å². The molecule has 1 aliphatic rings. The fraction of sp³-hybridized carbons (Fsp3) is 0.762. The van der Waals surface area contributed by atoms with Crippen molar-refractivity contribution in [2.45, 2.75) is 90.6 Å². The number of carbonyl (C=O) groups excluding carboxylic acids is 1. The molecule has 2 rings (SSSR count). The molecule has 0 aliphatic carbocycles. The van der Waals surface area contributed by atoms with Gasteiger partial charge in [0.2, 0.25) is 0 Å². The molecule has 2 atom stereocenters. The predicted molar refractivity (Wildman–Crippen MR) is 109 cm³/mol. The highest BCUT2D eigenvalue weighted by atomic mass is 16.7. The average molecular weight is 411 g/mol. The summed E-state index contributed by atoms with van der Waals surface area (Å²) in [6, 6.07) is 0. The molecule has 0 spiro atoms. The van der Waals surface area contributed by atoms with Gasteiger partial charge in [-0.15, -0.1) is 0 Å². The molecular weight excluding hydrogens is 376 g/mol. The lowest BCUT2D eigenvalue weighted by atomic mass is 10.1. The van der Waals surface area contributed by atoms with Crippen molar-refractivity contribution in [2.24, 2.45) is 0 Å². The third-order valence-corrected chi connectivity index (χ3v) is 5.05. The number of hydrogen-bond acceptors (Lipinski definition) is 6. The number of aromatic nitrogens is 2. The highest BCUT2D eigenvalue weighted by Crippen LogP contribution is 2.20. The Kier molecular flexibility index (Phi) is 10.1. The Morgan fingerprint density at radius 2 is 1.79 bits per heavy atom. The smallest absolute Gasteiger partial charge is 0.330 e. The van der Waals surface area contributed by atoms with E-state index in [-0.39, 0.29) is 19.2 Å². The maximum Gasteiger partial charge on any atom is 0.330 e. The van der Waals surface area contributed by atoms with E-state index in [0.717, 1.165) is 19.3 Å². The molecule has 0 radical (unpaired) electrons. The molecule has 164 valence electrons. The molecule has 2 heterocycles. The molecule has 29 heavy (non-hydrogen) atoms. The summed E-state index contributed by atoms with van der Waals surface area (Å²) in [4.78, 5) is 37.4. The summed E-state index contributed by atoms with van der Waals surface area (Å²) in [5.74, 6) is -0.263. The first-order valence-electron chi connectivity index (χ1n) is 10.8. The molecule has 1 aliphatic heterocycles. The van der Waals surface area contributed by atoms with Gasteiger partial charge >= 0.3 is 11.7 Å². The molecule has 0 aromatic carbocycles. The molecular formula is C21H34N2O6. The summed E-state index contributed by atoms with van der Waals surface area (Å²) in [7, 11) is 0. The quantitative estimate of drug-likeness (QED) is 0.396. The standard InChI is InChI=1S/C21H34N2O6/c1-3-4-5-6-7-8-9-10-11-12-18(24)27-15-19-28-14-17(29-19)23-13-16(2)20(25)22-21(23)26/h13,17,19H,3-12,14-15H2,1-2H3,(H,22,25,26)/t17-,19+/m1/s1. The number of nitrogens with one attached hydrogen (secondary N) is 1. The zero-order valence-electron chi connectivity index (χ0n) is 17.6. The molecule has 8 heteroatoms. The van der Waals surface area contributed by atoms with Gasteiger partial charge in [-0.25, -0.2) is 4.79 Å². The second kappa shape index (κ2) is 12.6. The fourth-order valence-corrected chi connectivity index (χ4v) is 3.29. The number of esters is 1. The third kappa shape index (κ3) is 8.14. The first-order valence-corrected chi connectivity index (χ1v) is 10.8. The third-order valence-electron chi connectivity index (χ3n) is 5.05. The maximum absolute atomic E-state index is 11.9. The van der Waals surface area contributed by atoms with Crippen LogP contribution in [0.2, 0.25) is 0 Å². The van der Waals surface area contributed by atoms with E-state index in [2.05, 4.69) is 11.9 Å². The maximum atomic E-state index is 11.9. The molecule has 8 nitrogen and oxygen atoms in total. The molecule has 1 aromatic rings. The molecule has 0 amide bonds. The van der Waals surface area contributed by atoms with Crippen LogP contribution in [0.25, 0.3) is 0 Å². The lowest BCUT2D eigenvalue weighted by molar-refractivity contribution is -0.159. The number of aryl methyl sites for hydroxylation is 1. The molecule has 0 unspecified atom stereocenters. The largest absolute Gasteiger partial charge is 0.460 e.